The molecule has 1 saturated heterocycles. The summed E-state index contributed by atoms with van der Waals surface area (Å²) in [6.07, 6.45) is 4.42. The number of benzene rings is 1. The maximum absolute atomic E-state index is 12.4. The molecule has 1 fully saturated rings. The number of likely N-dealkylation sites (tertiary alicyclic amines) is 1. The van der Waals surface area contributed by atoms with Gasteiger partial charge in [0, 0.05) is 48.8 Å². The van der Waals surface area contributed by atoms with Crippen LogP contribution in [0.4, 0.5) is 10.5 Å². The molecule has 8 nitrogen and oxygen atoms in total. The average molecular weight is 362 g/mol. The number of nitro benzene ring substituents is 1. The SMILES string of the molecule is O=C(OCc1ccc([N+](=O)[O-])cc1)N1C[C@@H](S)C[C@@H]1Cc1ncc[nH]1. The molecule has 25 heavy (non-hydrogen) atoms. The summed E-state index contributed by atoms with van der Waals surface area (Å²) in [5, 5.41) is 10.8. The number of non-ortho nitro benzene ring substituents is 1. The van der Waals surface area contributed by atoms with Crippen molar-refractivity contribution in [2.45, 2.75) is 30.7 Å². The third-order valence-corrected chi connectivity index (χ3v) is 4.49. The highest BCUT2D eigenvalue weighted by Gasteiger charge is 2.35. The number of carbonyl (C=O) groups excluding carboxylic acids is 1. The number of imidazole rings is 1. The fourth-order valence-electron chi connectivity index (χ4n) is 2.88. The van der Waals surface area contributed by atoms with Gasteiger partial charge in [0.05, 0.1) is 4.92 Å². The topological polar surface area (TPSA) is 101 Å². The van der Waals surface area contributed by atoms with Gasteiger partial charge in [-0.3, -0.25) is 10.1 Å². The van der Waals surface area contributed by atoms with E-state index in [0.29, 0.717) is 18.5 Å². The number of nitro groups is 1. The van der Waals surface area contributed by atoms with Crippen molar-refractivity contribution in [1.82, 2.24) is 14.9 Å². The van der Waals surface area contributed by atoms with Crippen LogP contribution in [0.5, 0.6) is 0 Å². The van der Waals surface area contributed by atoms with Crippen molar-refractivity contribution in [3.8, 4) is 0 Å². The zero-order chi connectivity index (χ0) is 17.8. The lowest BCUT2D eigenvalue weighted by atomic mass is 10.1. The normalized spacial score (nSPS) is 19.8. The summed E-state index contributed by atoms with van der Waals surface area (Å²) in [5.41, 5.74) is 0.703. The van der Waals surface area contributed by atoms with E-state index in [9.17, 15) is 14.9 Å². The van der Waals surface area contributed by atoms with Crippen LogP contribution >= 0.6 is 12.6 Å². The van der Waals surface area contributed by atoms with Gasteiger partial charge in [-0.1, -0.05) is 0 Å². The molecule has 2 aromatic rings. The molecule has 0 saturated carbocycles. The summed E-state index contributed by atoms with van der Waals surface area (Å²) < 4.78 is 5.36. The number of aromatic amines is 1. The molecular weight excluding hydrogens is 344 g/mol. The first-order valence-electron chi connectivity index (χ1n) is 7.86. The second kappa shape index (κ2) is 7.56. The van der Waals surface area contributed by atoms with Crippen molar-refractivity contribution in [3.63, 3.8) is 0 Å². The number of amides is 1. The van der Waals surface area contributed by atoms with E-state index in [1.54, 1.807) is 29.4 Å². The summed E-state index contributed by atoms with van der Waals surface area (Å²) in [5.74, 6) is 0.820. The summed E-state index contributed by atoms with van der Waals surface area (Å²) in [7, 11) is 0. The second-order valence-corrected chi connectivity index (χ2v) is 6.64. The van der Waals surface area contributed by atoms with Crippen LogP contribution in [0.2, 0.25) is 0 Å². The smallest absolute Gasteiger partial charge is 0.410 e. The molecule has 9 heteroatoms. The molecule has 1 N–H and O–H groups in total. The van der Waals surface area contributed by atoms with Crippen LogP contribution < -0.4 is 0 Å². The molecule has 3 rings (SSSR count). The zero-order valence-electron chi connectivity index (χ0n) is 13.4. The van der Waals surface area contributed by atoms with Gasteiger partial charge < -0.3 is 14.6 Å². The van der Waals surface area contributed by atoms with Gasteiger partial charge in [-0.2, -0.15) is 12.6 Å². The number of nitrogens with one attached hydrogen (secondary N) is 1. The highest BCUT2D eigenvalue weighted by Crippen LogP contribution is 2.25. The first kappa shape index (κ1) is 17.3. The average Bonchev–Trinajstić information content (AvgIpc) is 3.23. The first-order valence-corrected chi connectivity index (χ1v) is 8.37. The molecule has 132 valence electrons. The van der Waals surface area contributed by atoms with Crippen molar-refractivity contribution in [3.05, 3.63) is 58.2 Å². The lowest BCUT2D eigenvalue weighted by Gasteiger charge is -2.23. The Labute approximate surface area is 149 Å². The number of H-pyrrole nitrogens is 1. The number of carbonyl (C=O) groups is 1. The fourth-order valence-corrected chi connectivity index (χ4v) is 3.30. The van der Waals surface area contributed by atoms with Crippen LogP contribution in [-0.2, 0) is 17.8 Å². The standard InChI is InChI=1S/C16H18N4O4S/c21-16(24-10-11-1-3-12(4-2-11)20(22)23)19-9-14(25)7-13(19)8-15-17-5-6-18-15/h1-6,13-14,25H,7-10H2,(H,17,18)/t13-,14+/m1/s1. The second-order valence-electron chi connectivity index (χ2n) is 5.91. The van der Waals surface area contributed by atoms with E-state index < -0.39 is 11.0 Å². The van der Waals surface area contributed by atoms with E-state index >= 15 is 0 Å². The van der Waals surface area contributed by atoms with Gasteiger partial charge in [-0.25, -0.2) is 9.78 Å². The molecule has 2 atom stereocenters. The summed E-state index contributed by atoms with van der Waals surface area (Å²) in [6, 6.07) is 5.93. The third-order valence-electron chi connectivity index (χ3n) is 4.12. The van der Waals surface area contributed by atoms with Gasteiger partial charge >= 0.3 is 6.09 Å². The van der Waals surface area contributed by atoms with E-state index in [0.717, 1.165) is 12.2 Å². The Balaban J connectivity index is 1.58. The lowest BCUT2D eigenvalue weighted by Crippen LogP contribution is -2.37. The quantitative estimate of drug-likeness (QED) is 0.484. The molecule has 1 aliphatic heterocycles. The number of rotatable bonds is 5. The molecule has 0 bridgehead atoms. The van der Waals surface area contributed by atoms with E-state index in [2.05, 4.69) is 22.6 Å². The van der Waals surface area contributed by atoms with Gasteiger partial charge in [-0.05, 0) is 24.1 Å². The molecule has 2 heterocycles. The van der Waals surface area contributed by atoms with Crippen LogP contribution in [-0.4, -0.2) is 43.7 Å². The summed E-state index contributed by atoms with van der Waals surface area (Å²) in [6.45, 7) is 0.589. The predicted octanol–water partition coefficient (Wildman–Crippen LogP) is 2.57. The Morgan fingerprint density at radius 2 is 2.20 bits per heavy atom. The number of ether oxygens (including phenoxy) is 1. The monoisotopic (exact) mass is 362 g/mol. The highest BCUT2D eigenvalue weighted by atomic mass is 32.1. The van der Waals surface area contributed by atoms with E-state index in [1.807, 2.05) is 0 Å². The Bertz CT molecular complexity index is 735. The van der Waals surface area contributed by atoms with Crippen LogP contribution in [0.15, 0.2) is 36.7 Å². The predicted molar refractivity (Wildman–Crippen MR) is 93.5 cm³/mol. The maximum atomic E-state index is 12.4. The Morgan fingerprint density at radius 3 is 2.84 bits per heavy atom. The maximum Gasteiger partial charge on any atom is 0.410 e. The van der Waals surface area contributed by atoms with Crippen LogP contribution in [0.25, 0.3) is 0 Å². The molecule has 0 unspecified atom stereocenters. The van der Waals surface area contributed by atoms with Gasteiger partial charge in [0.1, 0.15) is 12.4 Å². The van der Waals surface area contributed by atoms with E-state index in [4.69, 9.17) is 4.74 Å². The summed E-state index contributed by atoms with van der Waals surface area (Å²) >= 11 is 4.48. The van der Waals surface area contributed by atoms with Crippen molar-refractivity contribution < 1.29 is 14.5 Å². The number of nitrogens with zero attached hydrogens (tertiary/aromatic N) is 3. The van der Waals surface area contributed by atoms with Crippen molar-refractivity contribution in [1.29, 1.82) is 0 Å². The van der Waals surface area contributed by atoms with Crippen molar-refractivity contribution >= 4 is 24.4 Å². The minimum absolute atomic E-state index is 0.00560. The number of thiol groups is 1. The number of hydrogen-bond donors (Lipinski definition) is 2. The van der Waals surface area contributed by atoms with Gasteiger partial charge in [-0.15, -0.1) is 0 Å². The Hall–Kier alpha value is -2.55. The molecule has 1 aliphatic rings. The van der Waals surface area contributed by atoms with Gasteiger partial charge in [0.2, 0.25) is 0 Å². The molecule has 0 spiro atoms. The molecule has 1 aromatic carbocycles. The van der Waals surface area contributed by atoms with Crippen LogP contribution in [0, 0.1) is 10.1 Å². The van der Waals surface area contributed by atoms with Crippen LogP contribution in [0.3, 0.4) is 0 Å². The first-order chi connectivity index (χ1) is 12.0. The molecule has 1 amide bonds. The zero-order valence-corrected chi connectivity index (χ0v) is 14.3. The van der Waals surface area contributed by atoms with Gasteiger partial charge in [0.25, 0.3) is 5.69 Å². The number of aromatic nitrogens is 2. The third kappa shape index (κ3) is 4.30. The minimum Gasteiger partial charge on any atom is -0.445 e. The van der Waals surface area contributed by atoms with Crippen molar-refractivity contribution in [2.75, 3.05) is 6.54 Å². The molecule has 0 radical (unpaired) electrons. The van der Waals surface area contributed by atoms with Crippen molar-refractivity contribution in [2.24, 2.45) is 0 Å². The molecule has 1 aromatic heterocycles. The minimum atomic E-state index is -0.466. The lowest BCUT2D eigenvalue weighted by molar-refractivity contribution is -0.384. The summed E-state index contributed by atoms with van der Waals surface area (Å²) in [4.78, 5) is 31.5. The Kier molecular flexibility index (Phi) is 5.22. The highest BCUT2D eigenvalue weighted by molar-refractivity contribution is 7.81. The molecular formula is C16H18N4O4S. The fraction of sp³-hybridized carbons (Fsp3) is 0.375. The van der Waals surface area contributed by atoms with Gasteiger partial charge in [0.15, 0.2) is 0 Å². The molecule has 0 aliphatic carbocycles. The van der Waals surface area contributed by atoms with E-state index in [-0.39, 0.29) is 23.6 Å². The van der Waals surface area contributed by atoms with E-state index in [1.165, 1.54) is 12.1 Å². The number of hydrogen-bond acceptors (Lipinski definition) is 6. The van der Waals surface area contributed by atoms with Crippen LogP contribution in [0.1, 0.15) is 17.8 Å². The Morgan fingerprint density at radius 1 is 1.44 bits per heavy atom. The largest absolute Gasteiger partial charge is 0.445 e.